The minimum Gasteiger partial charge on any atom is -0.360 e. The molecule has 0 saturated carbocycles. The van der Waals surface area contributed by atoms with Crippen molar-refractivity contribution in [3.63, 3.8) is 0 Å². The van der Waals surface area contributed by atoms with Crippen LogP contribution in [0.15, 0.2) is 42.2 Å². The van der Waals surface area contributed by atoms with Gasteiger partial charge in [-0.25, -0.2) is 23.3 Å². The van der Waals surface area contributed by atoms with E-state index in [0.717, 1.165) is 11.6 Å². The summed E-state index contributed by atoms with van der Waals surface area (Å²) in [5.74, 6) is -6.59. The van der Waals surface area contributed by atoms with E-state index >= 15 is 0 Å². The van der Waals surface area contributed by atoms with E-state index in [1.807, 2.05) is 0 Å². The Bertz CT molecular complexity index is 1580. The fraction of sp³-hybridized carbons (Fsp3) is 0.160. The highest BCUT2D eigenvalue weighted by atomic mass is 35.5. The van der Waals surface area contributed by atoms with Crippen molar-refractivity contribution in [2.24, 2.45) is 0 Å². The van der Waals surface area contributed by atoms with Crippen LogP contribution in [0.4, 0.5) is 13.6 Å². The Morgan fingerprint density at radius 3 is 2.47 bits per heavy atom. The van der Waals surface area contributed by atoms with Gasteiger partial charge in [0.2, 0.25) is 0 Å². The van der Waals surface area contributed by atoms with Crippen LogP contribution < -0.4 is 5.32 Å². The number of aromatic nitrogens is 1. The maximum Gasteiger partial charge on any atom is 0.360 e. The van der Waals surface area contributed by atoms with Gasteiger partial charge < -0.3 is 15.1 Å². The number of carbonyl (C=O) groups excluding carboxylic acids is 5. The molecule has 5 amide bonds. The first kappa shape index (κ1) is 25.1. The molecule has 0 bridgehead atoms. The first-order valence-corrected chi connectivity index (χ1v) is 11.6. The average molecular weight is 543 g/mol. The number of halogens is 3. The quantitative estimate of drug-likeness (QED) is 0.288. The number of urea groups is 1. The molecule has 10 nitrogen and oxygen atoms in total. The van der Waals surface area contributed by atoms with Crippen LogP contribution in [0.2, 0.25) is 5.02 Å². The molecule has 1 aromatic heterocycles. The highest BCUT2D eigenvalue weighted by Crippen LogP contribution is 2.32. The summed E-state index contributed by atoms with van der Waals surface area (Å²) >= 11 is 6.16. The summed E-state index contributed by atoms with van der Waals surface area (Å²) in [5.41, 5.74) is 1.45. The average Bonchev–Trinajstić information content (AvgIpc) is 3.51. The van der Waals surface area contributed by atoms with E-state index in [2.05, 4.69) is 10.3 Å². The van der Waals surface area contributed by atoms with Crippen LogP contribution in [0.5, 0.6) is 0 Å². The summed E-state index contributed by atoms with van der Waals surface area (Å²) in [4.78, 5) is 71.7. The molecular formula is C25H17ClF2N4O6. The Kier molecular flexibility index (Phi) is 6.19. The van der Waals surface area contributed by atoms with Crippen LogP contribution in [0.3, 0.4) is 0 Å². The Labute approximate surface area is 217 Å². The largest absolute Gasteiger partial charge is 0.360 e. The van der Waals surface area contributed by atoms with Crippen molar-refractivity contribution in [2.45, 2.75) is 25.8 Å². The van der Waals surface area contributed by atoms with Crippen LogP contribution in [-0.2, 0) is 24.0 Å². The van der Waals surface area contributed by atoms with E-state index in [1.165, 1.54) is 6.08 Å². The number of aromatic amines is 1. The molecule has 2 fully saturated rings. The Morgan fingerprint density at radius 2 is 1.79 bits per heavy atom. The minimum absolute atomic E-state index is 0.201. The normalized spacial score (nSPS) is 17.6. The number of hydroxylamine groups is 2. The van der Waals surface area contributed by atoms with Gasteiger partial charge in [0.05, 0.1) is 5.52 Å². The predicted octanol–water partition coefficient (Wildman–Crippen LogP) is 3.65. The van der Waals surface area contributed by atoms with Crippen molar-refractivity contribution in [3.05, 3.63) is 75.6 Å². The molecule has 2 aromatic carbocycles. The molecule has 13 heteroatoms. The van der Waals surface area contributed by atoms with Crippen LogP contribution in [0, 0.1) is 18.6 Å². The topological polar surface area (TPSA) is 129 Å². The number of imide groups is 2. The van der Waals surface area contributed by atoms with Gasteiger partial charge in [-0.15, -0.1) is 5.06 Å². The highest BCUT2D eigenvalue weighted by molar-refractivity contribution is 6.32. The molecular weight excluding hydrogens is 526 g/mol. The Balaban J connectivity index is 1.53. The summed E-state index contributed by atoms with van der Waals surface area (Å²) in [6.45, 7) is 1.80. The lowest BCUT2D eigenvalue weighted by atomic mass is 10.0. The summed E-state index contributed by atoms with van der Waals surface area (Å²) in [5, 5.41) is 3.81. The van der Waals surface area contributed by atoms with Gasteiger partial charge in [-0.1, -0.05) is 23.7 Å². The third-order valence-electron chi connectivity index (χ3n) is 6.22. The third kappa shape index (κ3) is 4.18. The zero-order chi connectivity index (χ0) is 27.3. The van der Waals surface area contributed by atoms with Gasteiger partial charge >= 0.3 is 12.0 Å². The molecule has 194 valence electrons. The molecule has 0 spiro atoms. The molecule has 5 rings (SSSR count). The summed E-state index contributed by atoms with van der Waals surface area (Å²) in [7, 11) is 0. The van der Waals surface area contributed by atoms with Crippen molar-refractivity contribution in [1.82, 2.24) is 20.3 Å². The molecule has 2 saturated heterocycles. The number of rotatable bonds is 5. The summed E-state index contributed by atoms with van der Waals surface area (Å²) < 4.78 is 27.7. The number of benzene rings is 2. The van der Waals surface area contributed by atoms with Gasteiger partial charge in [-0.3, -0.25) is 14.4 Å². The fourth-order valence-electron chi connectivity index (χ4n) is 4.27. The van der Waals surface area contributed by atoms with Crippen LogP contribution in [0.1, 0.15) is 35.6 Å². The fourth-order valence-corrected chi connectivity index (χ4v) is 4.43. The number of carbonyl (C=O) groups is 5. The second kappa shape index (κ2) is 9.38. The zero-order valence-corrected chi connectivity index (χ0v) is 20.3. The number of amides is 5. The number of aryl methyl sites for hydroxylation is 1. The standard InChI is InChI=1S/C25H17ClF2N4O6/c1-11-15(26)4-3-14-13(10-29-21(11)14)9-18-23(35)31(25(37)30-18)22(12-2-5-16(27)17(28)8-12)24(36)38-32-19(33)6-7-20(32)34/h2-5,8-10,22,29H,6-7H2,1H3,(H,30,37)/b18-9-. The Morgan fingerprint density at radius 1 is 1.08 bits per heavy atom. The van der Waals surface area contributed by atoms with Gasteiger partial charge in [0.25, 0.3) is 17.7 Å². The lowest BCUT2D eigenvalue weighted by Crippen LogP contribution is -2.43. The monoisotopic (exact) mass is 542 g/mol. The summed E-state index contributed by atoms with van der Waals surface area (Å²) in [6.07, 6.45) is 2.56. The minimum atomic E-state index is -1.95. The van der Waals surface area contributed by atoms with E-state index in [9.17, 15) is 32.8 Å². The van der Waals surface area contributed by atoms with Crippen LogP contribution in [-0.4, -0.2) is 44.7 Å². The smallest absolute Gasteiger partial charge is 0.360 e. The molecule has 3 heterocycles. The molecule has 2 N–H and O–H groups in total. The van der Waals surface area contributed by atoms with E-state index in [0.29, 0.717) is 38.5 Å². The van der Waals surface area contributed by atoms with E-state index < -0.39 is 47.4 Å². The molecule has 0 aliphatic carbocycles. The molecule has 2 aliphatic heterocycles. The van der Waals surface area contributed by atoms with Crippen molar-refractivity contribution < 1.29 is 37.6 Å². The zero-order valence-electron chi connectivity index (χ0n) is 19.5. The van der Waals surface area contributed by atoms with Gasteiger partial charge in [-0.05, 0) is 42.3 Å². The number of nitrogens with zero attached hydrogens (tertiary/aromatic N) is 2. The molecule has 3 aromatic rings. The van der Waals surface area contributed by atoms with Crippen LogP contribution in [0.25, 0.3) is 17.0 Å². The second-order valence-electron chi connectivity index (χ2n) is 8.57. The third-order valence-corrected chi connectivity index (χ3v) is 6.63. The van der Waals surface area contributed by atoms with Crippen molar-refractivity contribution >= 4 is 58.3 Å². The molecule has 1 unspecified atom stereocenters. The van der Waals surface area contributed by atoms with Gasteiger partial charge in [0.1, 0.15) is 5.70 Å². The van der Waals surface area contributed by atoms with E-state index in [4.69, 9.17) is 16.4 Å². The second-order valence-corrected chi connectivity index (χ2v) is 8.98. The predicted molar refractivity (Wildman–Crippen MR) is 128 cm³/mol. The number of hydrogen-bond acceptors (Lipinski definition) is 6. The maximum atomic E-state index is 14.1. The summed E-state index contributed by atoms with van der Waals surface area (Å²) in [6, 6.07) is 2.67. The highest BCUT2D eigenvalue weighted by Gasteiger charge is 2.46. The molecule has 2 aliphatic rings. The number of nitrogens with one attached hydrogen (secondary N) is 2. The van der Waals surface area contributed by atoms with Crippen molar-refractivity contribution in [3.8, 4) is 0 Å². The number of H-pyrrole nitrogens is 1. The van der Waals surface area contributed by atoms with Gasteiger partial charge in [0.15, 0.2) is 17.7 Å². The molecule has 1 atom stereocenters. The maximum absolute atomic E-state index is 14.1. The van der Waals surface area contributed by atoms with E-state index in [-0.39, 0.29) is 29.2 Å². The van der Waals surface area contributed by atoms with Crippen molar-refractivity contribution in [2.75, 3.05) is 0 Å². The number of fused-ring (bicyclic) bond motifs is 1. The molecule has 38 heavy (non-hydrogen) atoms. The van der Waals surface area contributed by atoms with Crippen LogP contribution >= 0.6 is 11.6 Å². The van der Waals surface area contributed by atoms with E-state index in [1.54, 1.807) is 25.3 Å². The Hall–Kier alpha value is -4.58. The first-order chi connectivity index (χ1) is 18.1. The van der Waals surface area contributed by atoms with Gasteiger partial charge in [-0.2, -0.15) is 0 Å². The lowest BCUT2D eigenvalue weighted by Gasteiger charge is -2.25. The SMILES string of the molecule is Cc1c(Cl)ccc2c(/C=C3\NC(=O)N(C(C(=O)ON4C(=O)CCC4=O)c4ccc(F)c(F)c4)C3=O)c[nH]c12. The molecule has 0 radical (unpaired) electrons. The first-order valence-electron chi connectivity index (χ1n) is 11.2. The van der Waals surface area contributed by atoms with Crippen molar-refractivity contribution in [1.29, 1.82) is 0 Å². The number of hydrogen-bond donors (Lipinski definition) is 2. The lowest BCUT2D eigenvalue weighted by molar-refractivity contribution is -0.200. The van der Waals surface area contributed by atoms with Gasteiger partial charge in [0, 0.05) is 35.0 Å².